The van der Waals surface area contributed by atoms with Crippen molar-refractivity contribution in [1.29, 1.82) is 0 Å². The Morgan fingerprint density at radius 2 is 2.45 bits per heavy atom. The van der Waals surface area contributed by atoms with Gasteiger partial charge in [0, 0.05) is 36.7 Å². The SMILES string of the molecule is O=C(O)C1CCC(=O)N1SI. The Morgan fingerprint density at radius 3 is 2.82 bits per heavy atom. The van der Waals surface area contributed by atoms with Gasteiger partial charge in [-0.3, -0.25) is 9.10 Å². The Kier molecular flexibility index (Phi) is 2.99. The van der Waals surface area contributed by atoms with Crippen molar-refractivity contribution < 1.29 is 14.7 Å². The molecule has 1 fully saturated rings. The van der Waals surface area contributed by atoms with Gasteiger partial charge >= 0.3 is 5.97 Å². The van der Waals surface area contributed by atoms with Crippen molar-refractivity contribution in [3.05, 3.63) is 0 Å². The minimum Gasteiger partial charge on any atom is -0.480 e. The summed E-state index contributed by atoms with van der Waals surface area (Å²) in [6, 6.07) is -0.621. The van der Waals surface area contributed by atoms with Gasteiger partial charge in [-0.15, -0.1) is 0 Å². The Bertz CT molecular complexity index is 198. The molecule has 0 aromatic carbocycles. The van der Waals surface area contributed by atoms with Gasteiger partial charge in [0.25, 0.3) is 0 Å². The molecule has 1 rings (SSSR count). The second kappa shape index (κ2) is 3.61. The molecule has 4 nitrogen and oxygen atoms in total. The van der Waals surface area contributed by atoms with Gasteiger partial charge in [-0.05, 0) is 6.42 Å². The summed E-state index contributed by atoms with van der Waals surface area (Å²) in [4.78, 5) is 21.5. The van der Waals surface area contributed by atoms with Gasteiger partial charge in [0.05, 0.1) is 0 Å². The molecule has 6 heteroatoms. The Hall–Kier alpha value is 0.0200. The van der Waals surface area contributed by atoms with Crippen LogP contribution in [-0.4, -0.2) is 27.3 Å². The number of rotatable bonds is 2. The van der Waals surface area contributed by atoms with Gasteiger partial charge in [-0.1, -0.05) is 0 Å². The highest BCUT2D eigenvalue weighted by Crippen LogP contribution is 2.30. The molecule has 1 aliphatic rings. The van der Waals surface area contributed by atoms with Crippen LogP contribution in [0.15, 0.2) is 0 Å². The fourth-order valence-electron chi connectivity index (χ4n) is 0.972. The number of nitrogens with zero attached hydrogens (tertiary/aromatic N) is 1. The Morgan fingerprint density at radius 1 is 1.82 bits per heavy atom. The molecule has 0 aliphatic carbocycles. The van der Waals surface area contributed by atoms with Gasteiger partial charge < -0.3 is 5.11 Å². The van der Waals surface area contributed by atoms with E-state index in [2.05, 4.69) is 0 Å². The molecule has 0 bridgehead atoms. The number of carbonyl (C=O) groups is 2. The maximum atomic E-state index is 11.0. The molecule has 0 aromatic rings. The molecule has 0 saturated carbocycles. The first-order valence-corrected chi connectivity index (χ1v) is 6.32. The number of halogens is 1. The zero-order valence-corrected chi connectivity index (χ0v) is 8.46. The minimum absolute atomic E-state index is 0.0863. The van der Waals surface area contributed by atoms with Crippen molar-refractivity contribution in [3.63, 3.8) is 0 Å². The van der Waals surface area contributed by atoms with Crippen molar-refractivity contribution in [2.45, 2.75) is 18.9 Å². The molecular weight excluding hydrogens is 281 g/mol. The molecule has 1 aliphatic heterocycles. The summed E-state index contributed by atoms with van der Waals surface area (Å²) in [6.45, 7) is 0. The molecule has 62 valence electrons. The van der Waals surface area contributed by atoms with Gasteiger partial charge in [0.15, 0.2) is 0 Å². The first-order valence-electron chi connectivity index (χ1n) is 3.00. The van der Waals surface area contributed by atoms with Gasteiger partial charge in [-0.25, -0.2) is 4.79 Å². The number of carbonyl (C=O) groups excluding carboxylic acids is 1. The third-order valence-electron chi connectivity index (χ3n) is 1.52. The molecule has 0 aromatic heterocycles. The maximum absolute atomic E-state index is 11.0. The van der Waals surface area contributed by atoms with E-state index in [1.807, 2.05) is 21.2 Å². The van der Waals surface area contributed by atoms with Crippen LogP contribution in [0.2, 0.25) is 0 Å². The summed E-state index contributed by atoms with van der Waals surface area (Å²) in [6.07, 6.45) is 0.789. The molecule has 1 N–H and O–H groups in total. The fraction of sp³-hybridized carbons (Fsp3) is 0.600. The van der Waals surface area contributed by atoms with Gasteiger partial charge in [-0.2, -0.15) is 0 Å². The van der Waals surface area contributed by atoms with Crippen LogP contribution in [-0.2, 0) is 9.59 Å². The maximum Gasteiger partial charge on any atom is 0.327 e. The molecule has 1 unspecified atom stereocenters. The van der Waals surface area contributed by atoms with Crippen molar-refractivity contribution in [2.24, 2.45) is 0 Å². The highest BCUT2D eigenvalue weighted by molar-refractivity contribution is 14.2. The van der Waals surface area contributed by atoms with E-state index >= 15 is 0 Å². The largest absolute Gasteiger partial charge is 0.480 e. The number of hydrogen-bond acceptors (Lipinski definition) is 3. The van der Waals surface area contributed by atoms with Crippen LogP contribution in [0.4, 0.5) is 0 Å². The van der Waals surface area contributed by atoms with E-state index in [0.29, 0.717) is 12.8 Å². The molecule has 1 heterocycles. The number of amides is 1. The molecule has 1 atom stereocenters. The quantitative estimate of drug-likeness (QED) is 0.609. The van der Waals surface area contributed by atoms with E-state index < -0.39 is 12.0 Å². The van der Waals surface area contributed by atoms with Crippen molar-refractivity contribution >= 4 is 42.2 Å². The van der Waals surface area contributed by atoms with E-state index in [0.717, 1.165) is 9.12 Å². The van der Waals surface area contributed by atoms with Crippen LogP contribution in [0.5, 0.6) is 0 Å². The first-order chi connectivity index (χ1) is 5.16. The zero-order valence-electron chi connectivity index (χ0n) is 5.49. The van der Waals surface area contributed by atoms with Crippen LogP contribution < -0.4 is 0 Å². The number of carboxylic acid groups (broad SMARTS) is 1. The normalized spacial score (nSPS) is 24.3. The topological polar surface area (TPSA) is 57.6 Å². The molecule has 0 spiro atoms. The first kappa shape index (κ1) is 9.11. The van der Waals surface area contributed by atoms with E-state index in [9.17, 15) is 9.59 Å². The third kappa shape index (κ3) is 1.78. The number of carboxylic acids is 1. The summed E-state index contributed by atoms with van der Waals surface area (Å²) < 4.78 is 1.31. The summed E-state index contributed by atoms with van der Waals surface area (Å²) in [5, 5.41) is 8.62. The predicted octanol–water partition coefficient (Wildman–Crippen LogP) is 1.06. The number of aliphatic carboxylic acids is 1. The van der Waals surface area contributed by atoms with Crippen molar-refractivity contribution in [2.75, 3.05) is 0 Å². The predicted molar refractivity (Wildman–Crippen MR) is 49.1 cm³/mol. The van der Waals surface area contributed by atoms with Gasteiger partial charge in [0.2, 0.25) is 5.91 Å². The van der Waals surface area contributed by atoms with Crippen molar-refractivity contribution in [3.8, 4) is 0 Å². The number of hydrogen-bond donors (Lipinski definition) is 1. The fourth-order valence-corrected chi connectivity index (χ4v) is 2.91. The molecule has 1 saturated heterocycles. The van der Waals surface area contributed by atoms with E-state index in [1.54, 1.807) is 0 Å². The van der Waals surface area contributed by atoms with E-state index in [-0.39, 0.29) is 5.91 Å². The minimum atomic E-state index is -0.917. The Balaban J connectivity index is 2.68. The second-order valence-corrected chi connectivity index (χ2v) is 3.89. The van der Waals surface area contributed by atoms with Crippen LogP contribution >= 0.6 is 30.3 Å². The highest BCUT2D eigenvalue weighted by Gasteiger charge is 2.36. The summed E-state index contributed by atoms with van der Waals surface area (Å²) >= 11 is 1.91. The van der Waals surface area contributed by atoms with Crippen molar-refractivity contribution in [1.82, 2.24) is 4.31 Å². The lowest BCUT2D eigenvalue weighted by Gasteiger charge is -2.15. The lowest BCUT2D eigenvalue weighted by atomic mass is 10.2. The molecular formula is C5H6INO3S. The van der Waals surface area contributed by atoms with Crippen LogP contribution in [0, 0.1) is 0 Å². The van der Waals surface area contributed by atoms with Crippen LogP contribution in [0.25, 0.3) is 0 Å². The van der Waals surface area contributed by atoms with Gasteiger partial charge in [0.1, 0.15) is 6.04 Å². The lowest BCUT2D eigenvalue weighted by molar-refractivity contribution is -0.142. The lowest BCUT2D eigenvalue weighted by Crippen LogP contribution is -2.32. The summed E-state index contributed by atoms with van der Waals surface area (Å²) in [5.74, 6) is -1.00. The van der Waals surface area contributed by atoms with E-state index in [1.165, 1.54) is 4.31 Å². The van der Waals surface area contributed by atoms with E-state index in [4.69, 9.17) is 5.11 Å². The molecule has 0 radical (unpaired) electrons. The monoisotopic (exact) mass is 287 g/mol. The smallest absolute Gasteiger partial charge is 0.327 e. The average molecular weight is 287 g/mol. The standard InChI is InChI=1S/C5H6INO3S/c6-11-7-3(5(9)10)1-2-4(7)8/h3H,1-2H2,(H,9,10). The third-order valence-corrected chi connectivity index (χ3v) is 3.40. The molecule has 1 amide bonds. The summed E-state index contributed by atoms with van der Waals surface area (Å²) in [7, 11) is 1.15. The van der Waals surface area contributed by atoms with Crippen LogP contribution in [0.3, 0.4) is 0 Å². The Labute approximate surface area is 80.0 Å². The highest BCUT2D eigenvalue weighted by atomic mass is 127. The second-order valence-electron chi connectivity index (χ2n) is 2.18. The summed E-state index contributed by atoms with van der Waals surface area (Å²) in [5.41, 5.74) is 0. The molecule has 11 heavy (non-hydrogen) atoms. The average Bonchev–Trinajstić information content (AvgIpc) is 2.30. The van der Waals surface area contributed by atoms with Crippen LogP contribution in [0.1, 0.15) is 12.8 Å². The zero-order chi connectivity index (χ0) is 8.43.